The molecule has 0 bridgehead atoms. The number of aliphatic hydroxyl groups is 1. The zero-order valence-electron chi connectivity index (χ0n) is 12.6. The molecule has 1 heterocycles. The number of benzene rings is 1. The summed E-state index contributed by atoms with van der Waals surface area (Å²) in [6.07, 6.45) is 1.55. The average molecular weight is 291 g/mol. The number of ether oxygens (including phenoxy) is 2. The summed E-state index contributed by atoms with van der Waals surface area (Å²) in [6.45, 7) is 2.62. The van der Waals surface area contributed by atoms with Crippen molar-refractivity contribution in [2.75, 3.05) is 20.8 Å². The maximum absolute atomic E-state index is 10.4. The Balaban J connectivity index is 2.01. The predicted molar refractivity (Wildman–Crippen MR) is 79.5 cm³/mol. The Morgan fingerprint density at radius 2 is 2.00 bits per heavy atom. The third-order valence-corrected chi connectivity index (χ3v) is 3.32. The van der Waals surface area contributed by atoms with Crippen molar-refractivity contribution in [3.05, 3.63) is 47.9 Å². The van der Waals surface area contributed by atoms with Crippen LogP contribution in [0.15, 0.2) is 41.0 Å². The highest BCUT2D eigenvalue weighted by atomic mass is 16.5. The zero-order valence-corrected chi connectivity index (χ0v) is 12.6. The molecule has 0 spiro atoms. The van der Waals surface area contributed by atoms with E-state index in [0.717, 1.165) is 5.56 Å². The van der Waals surface area contributed by atoms with E-state index in [9.17, 15) is 5.11 Å². The summed E-state index contributed by atoms with van der Waals surface area (Å²) in [5, 5.41) is 13.6. The van der Waals surface area contributed by atoms with Crippen LogP contribution in [0.3, 0.4) is 0 Å². The first-order valence-electron chi connectivity index (χ1n) is 6.75. The molecule has 1 unspecified atom stereocenters. The molecule has 2 aromatic rings. The van der Waals surface area contributed by atoms with Crippen molar-refractivity contribution in [3.63, 3.8) is 0 Å². The first-order valence-corrected chi connectivity index (χ1v) is 6.75. The third kappa shape index (κ3) is 3.56. The predicted octanol–water partition coefficient (Wildman–Crippen LogP) is 2.29. The molecule has 0 aliphatic heterocycles. The number of nitrogens with one attached hydrogen (secondary N) is 1. The van der Waals surface area contributed by atoms with Gasteiger partial charge in [0, 0.05) is 18.7 Å². The van der Waals surface area contributed by atoms with E-state index in [-0.39, 0.29) is 0 Å². The molecule has 2 N–H and O–H groups in total. The van der Waals surface area contributed by atoms with E-state index in [1.54, 1.807) is 39.5 Å². The van der Waals surface area contributed by atoms with Crippen LogP contribution in [0.1, 0.15) is 18.2 Å². The number of methoxy groups -OCH3 is 2. The lowest BCUT2D eigenvalue weighted by Crippen LogP contribution is -2.34. The first-order chi connectivity index (χ1) is 10.1. The van der Waals surface area contributed by atoms with Crippen LogP contribution in [-0.4, -0.2) is 25.9 Å². The van der Waals surface area contributed by atoms with Gasteiger partial charge < -0.3 is 24.3 Å². The second-order valence-electron chi connectivity index (χ2n) is 5.01. The highest BCUT2D eigenvalue weighted by Gasteiger charge is 2.25. The van der Waals surface area contributed by atoms with Gasteiger partial charge >= 0.3 is 0 Å². The molecule has 1 aromatic heterocycles. The highest BCUT2D eigenvalue weighted by Crippen LogP contribution is 2.30. The topological polar surface area (TPSA) is 63.9 Å². The molecule has 0 fully saturated rings. The standard InChI is InChI=1S/C16H21NO4/c1-16(18,14-8-5-9-21-14)11-17-10-12-6-4-7-13(19-2)15(12)20-3/h4-9,17-18H,10-11H2,1-3H3. The van der Waals surface area contributed by atoms with Gasteiger partial charge in [-0.3, -0.25) is 0 Å². The number of para-hydroxylation sites is 1. The van der Waals surface area contributed by atoms with Crippen molar-refractivity contribution in [3.8, 4) is 11.5 Å². The summed E-state index contributed by atoms with van der Waals surface area (Å²) in [5.41, 5.74) is -0.0950. The van der Waals surface area contributed by atoms with Gasteiger partial charge in [-0.1, -0.05) is 12.1 Å². The zero-order chi connectivity index (χ0) is 15.3. The normalized spacial score (nSPS) is 13.7. The minimum absolute atomic E-state index is 0.362. The van der Waals surface area contributed by atoms with Crippen LogP contribution in [0.2, 0.25) is 0 Å². The van der Waals surface area contributed by atoms with Gasteiger partial charge in [-0.2, -0.15) is 0 Å². The molecule has 1 atom stereocenters. The van der Waals surface area contributed by atoms with Crippen LogP contribution < -0.4 is 14.8 Å². The molecule has 5 nitrogen and oxygen atoms in total. The molecule has 0 aliphatic rings. The maximum Gasteiger partial charge on any atom is 0.165 e. The Bertz CT molecular complexity index is 564. The molecule has 114 valence electrons. The molecular formula is C16H21NO4. The van der Waals surface area contributed by atoms with E-state index in [2.05, 4.69) is 5.32 Å². The summed E-state index contributed by atoms with van der Waals surface area (Å²) in [6, 6.07) is 9.23. The minimum atomic E-state index is -1.06. The SMILES string of the molecule is COc1cccc(CNCC(C)(O)c2ccco2)c1OC. The average Bonchev–Trinajstić information content (AvgIpc) is 3.01. The smallest absolute Gasteiger partial charge is 0.165 e. The fourth-order valence-corrected chi connectivity index (χ4v) is 2.21. The molecule has 21 heavy (non-hydrogen) atoms. The van der Waals surface area contributed by atoms with E-state index in [4.69, 9.17) is 13.9 Å². The molecule has 5 heteroatoms. The molecule has 1 aromatic carbocycles. The summed E-state index contributed by atoms with van der Waals surface area (Å²) in [4.78, 5) is 0. The quantitative estimate of drug-likeness (QED) is 0.819. The van der Waals surface area contributed by atoms with Crippen LogP contribution >= 0.6 is 0 Å². The lowest BCUT2D eigenvalue weighted by molar-refractivity contribution is 0.0340. The lowest BCUT2D eigenvalue weighted by atomic mass is 10.0. The van der Waals surface area contributed by atoms with Crippen LogP contribution in [0, 0.1) is 0 Å². The van der Waals surface area contributed by atoms with Crippen molar-refractivity contribution in [1.29, 1.82) is 0 Å². The summed E-state index contributed by atoms with van der Waals surface area (Å²) < 4.78 is 15.9. The van der Waals surface area contributed by atoms with Gasteiger partial charge in [-0.25, -0.2) is 0 Å². The Morgan fingerprint density at radius 3 is 2.62 bits per heavy atom. The first kappa shape index (κ1) is 15.4. The van der Waals surface area contributed by atoms with E-state index in [1.807, 2.05) is 18.2 Å². The largest absolute Gasteiger partial charge is 0.493 e. The van der Waals surface area contributed by atoms with Crippen molar-refractivity contribution in [2.45, 2.75) is 19.1 Å². The van der Waals surface area contributed by atoms with E-state index in [0.29, 0.717) is 30.3 Å². The monoisotopic (exact) mass is 291 g/mol. The number of hydrogen-bond donors (Lipinski definition) is 2. The number of hydrogen-bond acceptors (Lipinski definition) is 5. The summed E-state index contributed by atoms with van der Waals surface area (Å²) in [7, 11) is 3.22. The van der Waals surface area contributed by atoms with Crippen LogP contribution in [0.4, 0.5) is 0 Å². The Kier molecular flexibility index (Phi) is 4.88. The van der Waals surface area contributed by atoms with Gasteiger partial charge in [0.15, 0.2) is 11.5 Å². The molecule has 0 aliphatic carbocycles. The summed E-state index contributed by atoms with van der Waals surface area (Å²) >= 11 is 0. The van der Waals surface area contributed by atoms with Gasteiger partial charge in [-0.05, 0) is 25.1 Å². The van der Waals surface area contributed by atoms with Crippen LogP contribution in [-0.2, 0) is 12.1 Å². The Morgan fingerprint density at radius 1 is 1.19 bits per heavy atom. The minimum Gasteiger partial charge on any atom is -0.493 e. The molecule has 0 saturated carbocycles. The fraction of sp³-hybridized carbons (Fsp3) is 0.375. The van der Waals surface area contributed by atoms with Crippen LogP contribution in [0.25, 0.3) is 0 Å². The molecule has 2 rings (SSSR count). The van der Waals surface area contributed by atoms with Crippen LogP contribution in [0.5, 0.6) is 11.5 Å². The van der Waals surface area contributed by atoms with E-state index >= 15 is 0 Å². The molecule has 0 radical (unpaired) electrons. The van der Waals surface area contributed by atoms with Gasteiger partial charge in [0.2, 0.25) is 0 Å². The second kappa shape index (κ2) is 6.65. The Hall–Kier alpha value is -1.98. The van der Waals surface area contributed by atoms with Crippen molar-refractivity contribution in [1.82, 2.24) is 5.32 Å². The molecule has 0 amide bonds. The third-order valence-electron chi connectivity index (χ3n) is 3.32. The van der Waals surface area contributed by atoms with Gasteiger partial charge in [0.05, 0.1) is 20.5 Å². The molecular weight excluding hydrogens is 270 g/mol. The molecule has 0 saturated heterocycles. The highest BCUT2D eigenvalue weighted by molar-refractivity contribution is 5.46. The summed E-state index contributed by atoms with van der Waals surface area (Å²) in [5.74, 6) is 1.92. The van der Waals surface area contributed by atoms with E-state index < -0.39 is 5.60 Å². The van der Waals surface area contributed by atoms with Gasteiger partial charge in [-0.15, -0.1) is 0 Å². The van der Waals surface area contributed by atoms with Gasteiger partial charge in [0.1, 0.15) is 11.4 Å². The number of furan rings is 1. The van der Waals surface area contributed by atoms with Crippen molar-refractivity contribution in [2.24, 2.45) is 0 Å². The lowest BCUT2D eigenvalue weighted by Gasteiger charge is -2.21. The van der Waals surface area contributed by atoms with Crippen molar-refractivity contribution >= 4 is 0 Å². The fourth-order valence-electron chi connectivity index (χ4n) is 2.21. The van der Waals surface area contributed by atoms with Crippen molar-refractivity contribution < 1.29 is 19.0 Å². The number of rotatable bonds is 7. The Labute approximate surface area is 124 Å². The maximum atomic E-state index is 10.4. The second-order valence-corrected chi connectivity index (χ2v) is 5.01. The van der Waals surface area contributed by atoms with Gasteiger partial charge in [0.25, 0.3) is 0 Å². The van der Waals surface area contributed by atoms with E-state index in [1.165, 1.54) is 0 Å².